The predicted molar refractivity (Wildman–Crippen MR) is 71.6 cm³/mol. The summed E-state index contributed by atoms with van der Waals surface area (Å²) < 4.78 is 38.1. The fourth-order valence-corrected chi connectivity index (χ4v) is 2.72. The molecule has 0 rings (SSSR count). The molecule has 0 aliphatic carbocycles. The summed E-state index contributed by atoms with van der Waals surface area (Å²) in [6.45, 7) is 3.57. The quantitative estimate of drug-likeness (QED) is 0.218. The second-order valence-electron chi connectivity index (χ2n) is 3.58. The highest BCUT2D eigenvalue weighted by Crippen LogP contribution is 2.44. The molecule has 0 aromatic rings. The standard InChI is InChI=1S/C10H14Cl2F3I/c1-2-3-4-5-6-8(16)7-9(11,13)10(12,14)15/h2,8H,1,3-7H2. The average molecular weight is 389 g/mol. The van der Waals surface area contributed by atoms with Gasteiger partial charge in [0.1, 0.15) is 0 Å². The first-order valence-corrected chi connectivity index (χ1v) is 6.90. The van der Waals surface area contributed by atoms with Crippen LogP contribution in [-0.2, 0) is 0 Å². The maximum absolute atomic E-state index is 13.3. The molecule has 0 N–H and O–H groups in total. The molecule has 0 fully saturated rings. The zero-order valence-corrected chi connectivity index (χ0v) is 12.3. The summed E-state index contributed by atoms with van der Waals surface area (Å²) in [5.74, 6) is 0. The van der Waals surface area contributed by atoms with Crippen LogP contribution in [0.1, 0.15) is 32.1 Å². The summed E-state index contributed by atoms with van der Waals surface area (Å²) >= 11 is 11.6. The Morgan fingerprint density at radius 3 is 2.25 bits per heavy atom. The minimum atomic E-state index is -4.03. The van der Waals surface area contributed by atoms with Crippen molar-refractivity contribution in [3.05, 3.63) is 12.7 Å². The van der Waals surface area contributed by atoms with E-state index in [9.17, 15) is 13.2 Å². The smallest absolute Gasteiger partial charge is 0.218 e. The molecule has 6 heteroatoms. The Balaban J connectivity index is 3.94. The molecule has 0 aliphatic rings. The third-order valence-corrected chi connectivity index (χ3v) is 3.92. The minimum Gasteiger partial charge on any atom is -0.218 e. The summed E-state index contributed by atoms with van der Waals surface area (Å²) in [6, 6.07) is 0. The van der Waals surface area contributed by atoms with Gasteiger partial charge in [0.2, 0.25) is 0 Å². The molecule has 0 aromatic heterocycles. The van der Waals surface area contributed by atoms with Crippen molar-refractivity contribution in [3.63, 3.8) is 0 Å². The van der Waals surface area contributed by atoms with E-state index >= 15 is 0 Å². The van der Waals surface area contributed by atoms with Gasteiger partial charge < -0.3 is 0 Å². The van der Waals surface area contributed by atoms with Crippen LogP contribution in [0, 0.1) is 0 Å². The zero-order chi connectivity index (χ0) is 12.8. The molecule has 0 heterocycles. The molecule has 0 amide bonds. The van der Waals surface area contributed by atoms with E-state index in [1.807, 2.05) is 22.6 Å². The van der Waals surface area contributed by atoms with Crippen LogP contribution in [-0.4, -0.2) is 14.4 Å². The second kappa shape index (κ2) is 7.31. The van der Waals surface area contributed by atoms with Gasteiger partial charge in [-0.05, 0) is 30.9 Å². The molecule has 0 radical (unpaired) electrons. The Hall–Kier alpha value is 0.840. The van der Waals surface area contributed by atoms with Crippen LogP contribution in [0.5, 0.6) is 0 Å². The van der Waals surface area contributed by atoms with Gasteiger partial charge in [0.05, 0.1) is 0 Å². The fourth-order valence-electron chi connectivity index (χ4n) is 1.15. The molecule has 0 aliphatic heterocycles. The van der Waals surface area contributed by atoms with Crippen molar-refractivity contribution >= 4 is 45.8 Å². The van der Waals surface area contributed by atoms with Crippen molar-refractivity contribution in [1.29, 1.82) is 0 Å². The first kappa shape index (κ1) is 16.8. The highest BCUT2D eigenvalue weighted by Gasteiger charge is 2.52. The number of alkyl halides is 6. The summed E-state index contributed by atoms with van der Waals surface area (Å²) in [5, 5.41) is -7.20. The van der Waals surface area contributed by atoms with E-state index in [1.165, 1.54) is 0 Å². The van der Waals surface area contributed by atoms with Crippen molar-refractivity contribution < 1.29 is 13.2 Å². The minimum absolute atomic E-state index is 0.255. The molecule has 96 valence electrons. The molecule has 2 unspecified atom stereocenters. The van der Waals surface area contributed by atoms with E-state index < -0.39 is 16.9 Å². The zero-order valence-electron chi connectivity index (χ0n) is 8.67. The average Bonchev–Trinajstić information content (AvgIpc) is 2.10. The van der Waals surface area contributed by atoms with Crippen molar-refractivity contribution in [2.24, 2.45) is 0 Å². The van der Waals surface area contributed by atoms with Gasteiger partial charge in [-0.1, -0.05) is 46.7 Å². The highest BCUT2D eigenvalue weighted by molar-refractivity contribution is 14.1. The maximum atomic E-state index is 13.3. The van der Waals surface area contributed by atoms with Crippen molar-refractivity contribution in [2.75, 3.05) is 0 Å². The van der Waals surface area contributed by atoms with E-state index in [1.54, 1.807) is 6.08 Å². The Morgan fingerprint density at radius 1 is 1.25 bits per heavy atom. The molecular formula is C10H14Cl2F3I. The largest absolute Gasteiger partial charge is 0.369 e. The Labute approximate surface area is 118 Å². The number of halogens is 6. The lowest BCUT2D eigenvalue weighted by atomic mass is 10.1. The summed E-state index contributed by atoms with van der Waals surface area (Å²) in [6.07, 6.45) is 4.59. The van der Waals surface area contributed by atoms with Gasteiger partial charge in [-0.2, -0.15) is 8.78 Å². The Kier molecular flexibility index (Phi) is 7.70. The van der Waals surface area contributed by atoms with E-state index in [0.717, 1.165) is 19.3 Å². The SMILES string of the molecule is C=CCCCCC(I)CC(F)(Cl)C(F)(F)Cl. The Bertz CT molecular complexity index is 217. The topological polar surface area (TPSA) is 0 Å². The third kappa shape index (κ3) is 6.55. The molecule has 0 spiro atoms. The van der Waals surface area contributed by atoms with Gasteiger partial charge in [0.25, 0.3) is 5.13 Å². The third-order valence-electron chi connectivity index (χ3n) is 2.07. The number of unbranched alkanes of at least 4 members (excludes halogenated alkanes) is 2. The van der Waals surface area contributed by atoms with Crippen LogP contribution in [0.2, 0.25) is 0 Å². The van der Waals surface area contributed by atoms with E-state index in [0.29, 0.717) is 6.42 Å². The van der Waals surface area contributed by atoms with Gasteiger partial charge in [0.15, 0.2) is 0 Å². The Morgan fingerprint density at radius 2 is 1.81 bits per heavy atom. The molecule has 0 saturated heterocycles. The summed E-state index contributed by atoms with van der Waals surface area (Å²) in [4.78, 5) is 0. The summed E-state index contributed by atoms with van der Waals surface area (Å²) in [7, 11) is 0. The normalized spacial score (nSPS) is 17.9. The van der Waals surface area contributed by atoms with E-state index in [2.05, 4.69) is 18.2 Å². The predicted octanol–water partition coefficient (Wildman–Crippen LogP) is 5.66. The van der Waals surface area contributed by atoms with Crippen molar-refractivity contribution in [1.82, 2.24) is 0 Å². The molecule has 0 aromatic carbocycles. The van der Waals surface area contributed by atoms with Crippen molar-refractivity contribution in [2.45, 2.75) is 46.5 Å². The monoisotopic (exact) mass is 388 g/mol. The first-order chi connectivity index (χ1) is 7.20. The number of allylic oxidation sites excluding steroid dienone is 1. The van der Waals surface area contributed by atoms with Crippen molar-refractivity contribution in [3.8, 4) is 0 Å². The van der Waals surface area contributed by atoms with Crippen LogP contribution >= 0.6 is 45.8 Å². The van der Waals surface area contributed by atoms with Gasteiger partial charge >= 0.3 is 5.38 Å². The van der Waals surface area contributed by atoms with Crippen LogP contribution < -0.4 is 0 Å². The fraction of sp³-hybridized carbons (Fsp3) is 0.800. The molecule has 0 nitrogen and oxygen atoms in total. The highest BCUT2D eigenvalue weighted by atomic mass is 127. The maximum Gasteiger partial charge on any atom is 0.369 e. The lowest BCUT2D eigenvalue weighted by Crippen LogP contribution is -2.36. The summed E-state index contributed by atoms with van der Waals surface area (Å²) in [5.41, 5.74) is 0. The van der Waals surface area contributed by atoms with Gasteiger partial charge in [-0.15, -0.1) is 6.58 Å². The first-order valence-electron chi connectivity index (χ1n) is 4.90. The van der Waals surface area contributed by atoms with Gasteiger partial charge in [-0.25, -0.2) is 4.39 Å². The molecule has 2 atom stereocenters. The molecule has 0 saturated carbocycles. The molecule has 0 bridgehead atoms. The molecular weight excluding hydrogens is 375 g/mol. The molecule has 16 heavy (non-hydrogen) atoms. The number of hydrogen-bond donors (Lipinski definition) is 0. The number of hydrogen-bond acceptors (Lipinski definition) is 0. The lowest BCUT2D eigenvalue weighted by Gasteiger charge is -2.24. The number of rotatable bonds is 8. The van der Waals surface area contributed by atoms with Crippen LogP contribution in [0.25, 0.3) is 0 Å². The second-order valence-corrected chi connectivity index (χ2v) is 6.41. The van der Waals surface area contributed by atoms with E-state index in [4.69, 9.17) is 11.6 Å². The van der Waals surface area contributed by atoms with Crippen LogP contribution in [0.3, 0.4) is 0 Å². The van der Waals surface area contributed by atoms with Gasteiger partial charge in [-0.3, -0.25) is 0 Å². The van der Waals surface area contributed by atoms with E-state index in [-0.39, 0.29) is 3.92 Å². The van der Waals surface area contributed by atoms with Crippen LogP contribution in [0.4, 0.5) is 13.2 Å². The van der Waals surface area contributed by atoms with Crippen LogP contribution in [0.15, 0.2) is 12.7 Å². The van der Waals surface area contributed by atoms with Gasteiger partial charge in [0, 0.05) is 10.3 Å². The lowest BCUT2D eigenvalue weighted by molar-refractivity contribution is -0.0236.